The Bertz CT molecular complexity index is 675. The van der Waals surface area contributed by atoms with Gasteiger partial charge in [0, 0.05) is 19.5 Å². The minimum Gasteiger partial charge on any atom is -0.145 e. The molecule has 9 heteroatoms. The second-order valence-corrected chi connectivity index (χ2v) is 18.9. The van der Waals surface area contributed by atoms with Crippen molar-refractivity contribution in [1.29, 1.82) is 0 Å². The van der Waals surface area contributed by atoms with Crippen molar-refractivity contribution in [3.8, 4) is 0 Å². The Balaban J connectivity index is 2.03. The zero-order valence-electron chi connectivity index (χ0n) is 17.5. The first-order valence-corrected chi connectivity index (χ1v) is 17.5. The fourth-order valence-corrected chi connectivity index (χ4v) is 14.2. The highest BCUT2D eigenvalue weighted by Crippen LogP contribution is 2.60. The average Bonchev–Trinajstić information content (AvgIpc) is 3.22. The fourth-order valence-electron chi connectivity index (χ4n) is 2.03. The fraction of sp³-hybridized carbons (Fsp3) is 0.579. The van der Waals surface area contributed by atoms with Crippen LogP contribution in [0.4, 0.5) is 0 Å². The smallest absolute Gasteiger partial charge is 0.0657 e. The Morgan fingerprint density at radius 1 is 0.679 bits per heavy atom. The molecule has 0 saturated carbocycles. The first-order valence-electron chi connectivity index (χ1n) is 8.62. The molecular formula is C19H28S9. The minimum absolute atomic E-state index is 0.146. The first kappa shape index (κ1) is 26.4. The Morgan fingerprint density at radius 2 is 1.14 bits per heavy atom. The summed E-state index contributed by atoms with van der Waals surface area (Å²) in [6.45, 7) is 11.6. The van der Waals surface area contributed by atoms with E-state index >= 15 is 0 Å². The SMILES string of the molecule is CSC1=C(SC)SC(=C/C=C2\SC(SC)=C(C(C)(C)SCSC(C)(C)C)S2)S1. The van der Waals surface area contributed by atoms with Crippen LogP contribution in [0.25, 0.3) is 0 Å². The zero-order valence-corrected chi connectivity index (χ0v) is 24.9. The van der Waals surface area contributed by atoms with Crippen LogP contribution in [-0.2, 0) is 0 Å². The third-order valence-corrected chi connectivity index (χ3v) is 15.6. The normalized spacial score (nSPS) is 20.1. The topological polar surface area (TPSA) is 0 Å². The minimum atomic E-state index is 0.146. The van der Waals surface area contributed by atoms with Crippen molar-refractivity contribution in [3.05, 3.63) is 38.2 Å². The maximum Gasteiger partial charge on any atom is 0.0657 e. The highest BCUT2D eigenvalue weighted by Gasteiger charge is 2.33. The molecule has 0 aliphatic carbocycles. The lowest BCUT2D eigenvalue weighted by Gasteiger charge is -2.27. The molecule has 0 aromatic carbocycles. The van der Waals surface area contributed by atoms with E-state index in [-0.39, 0.29) is 4.75 Å². The maximum atomic E-state index is 2.38. The standard InChI is InChI=1S/C19H28S9/c1-18(2,3)23-11-24-19(4,5)14-15(20-6)26-12(25-14)9-10-13-27-16(21-7)17(22-8)28-13/h9-10H,11H2,1-8H3/b12-9-. The van der Waals surface area contributed by atoms with Crippen LogP contribution in [0.2, 0.25) is 0 Å². The van der Waals surface area contributed by atoms with Crippen molar-refractivity contribution in [3.63, 3.8) is 0 Å². The van der Waals surface area contributed by atoms with Gasteiger partial charge in [0.1, 0.15) is 0 Å². The molecule has 0 unspecified atom stereocenters. The summed E-state index contributed by atoms with van der Waals surface area (Å²) in [4.78, 5) is 1.52. The lowest BCUT2D eigenvalue weighted by Crippen LogP contribution is -2.18. The van der Waals surface area contributed by atoms with Gasteiger partial charge in [0.15, 0.2) is 0 Å². The molecule has 28 heavy (non-hydrogen) atoms. The van der Waals surface area contributed by atoms with Crippen LogP contribution in [0.1, 0.15) is 34.6 Å². The van der Waals surface area contributed by atoms with E-state index in [1.807, 2.05) is 94.1 Å². The van der Waals surface area contributed by atoms with Crippen LogP contribution in [0.5, 0.6) is 0 Å². The molecule has 0 aromatic heterocycles. The molecule has 0 radical (unpaired) electrons. The van der Waals surface area contributed by atoms with Gasteiger partial charge in [-0.1, -0.05) is 67.8 Å². The van der Waals surface area contributed by atoms with E-state index in [1.165, 1.54) is 26.1 Å². The van der Waals surface area contributed by atoms with Crippen LogP contribution in [0, 0.1) is 0 Å². The van der Waals surface area contributed by atoms with Crippen LogP contribution in [-0.4, -0.2) is 33.3 Å². The van der Waals surface area contributed by atoms with Crippen molar-refractivity contribution in [2.24, 2.45) is 0 Å². The zero-order chi connectivity index (χ0) is 20.9. The molecule has 0 spiro atoms. The van der Waals surface area contributed by atoms with Crippen molar-refractivity contribution in [2.45, 2.75) is 44.1 Å². The second-order valence-electron chi connectivity index (χ2n) is 7.21. The molecule has 2 aliphatic rings. The van der Waals surface area contributed by atoms with E-state index in [2.05, 4.69) is 77.3 Å². The molecular weight excluding hydrogens is 517 g/mol. The number of allylic oxidation sites excluding steroid dienone is 2. The molecule has 2 rings (SSSR count). The van der Waals surface area contributed by atoms with E-state index < -0.39 is 0 Å². The van der Waals surface area contributed by atoms with Gasteiger partial charge in [0.05, 0.1) is 21.2 Å². The van der Waals surface area contributed by atoms with Crippen LogP contribution in [0.15, 0.2) is 38.2 Å². The average molecular weight is 545 g/mol. The molecule has 0 bridgehead atoms. The largest absolute Gasteiger partial charge is 0.145 e. The molecule has 0 atom stereocenters. The molecule has 2 heterocycles. The molecule has 0 nitrogen and oxygen atoms in total. The van der Waals surface area contributed by atoms with Gasteiger partial charge in [0.25, 0.3) is 0 Å². The van der Waals surface area contributed by atoms with Gasteiger partial charge in [-0.3, -0.25) is 0 Å². The van der Waals surface area contributed by atoms with Crippen LogP contribution < -0.4 is 0 Å². The Labute approximate surface area is 210 Å². The van der Waals surface area contributed by atoms with E-state index in [1.54, 1.807) is 0 Å². The Hall–Kier alpha value is 2.11. The molecule has 0 amide bonds. The van der Waals surface area contributed by atoms with Crippen molar-refractivity contribution >= 4 is 106 Å². The summed E-state index contributed by atoms with van der Waals surface area (Å²) in [7, 11) is 0. The summed E-state index contributed by atoms with van der Waals surface area (Å²) in [6.07, 6.45) is 11.2. The summed E-state index contributed by atoms with van der Waals surface area (Å²) < 4.78 is 7.59. The Kier molecular flexibility index (Phi) is 11.1. The van der Waals surface area contributed by atoms with Gasteiger partial charge in [0.2, 0.25) is 0 Å². The summed E-state index contributed by atoms with van der Waals surface area (Å²) in [5.41, 5.74) is 0. The maximum absolute atomic E-state index is 2.38. The molecule has 0 fully saturated rings. The molecule has 158 valence electrons. The molecule has 0 N–H and O–H groups in total. The van der Waals surface area contributed by atoms with Gasteiger partial charge in [-0.25, -0.2) is 0 Å². The quantitative estimate of drug-likeness (QED) is 0.271. The predicted octanol–water partition coefficient (Wildman–Crippen LogP) is 10.0. The number of rotatable bonds is 8. The predicted molar refractivity (Wildman–Crippen MR) is 155 cm³/mol. The van der Waals surface area contributed by atoms with Gasteiger partial charge < -0.3 is 0 Å². The third kappa shape index (κ3) is 7.91. The molecule has 0 saturated heterocycles. The molecule has 2 aliphatic heterocycles. The second kappa shape index (κ2) is 11.8. The lowest BCUT2D eigenvalue weighted by molar-refractivity contribution is 0.805. The van der Waals surface area contributed by atoms with Crippen molar-refractivity contribution < 1.29 is 0 Å². The van der Waals surface area contributed by atoms with E-state index in [9.17, 15) is 0 Å². The first-order chi connectivity index (χ1) is 13.1. The monoisotopic (exact) mass is 544 g/mol. The Morgan fingerprint density at radius 3 is 1.61 bits per heavy atom. The third-order valence-electron chi connectivity index (χ3n) is 3.50. The van der Waals surface area contributed by atoms with Crippen LogP contribution in [0.3, 0.4) is 0 Å². The van der Waals surface area contributed by atoms with Gasteiger partial charge in [-0.2, -0.15) is 0 Å². The number of hydrogen-bond acceptors (Lipinski definition) is 9. The van der Waals surface area contributed by atoms with E-state index in [0.29, 0.717) is 4.75 Å². The van der Waals surface area contributed by atoms with Gasteiger partial charge in [-0.15, -0.1) is 58.8 Å². The number of thioether (sulfide) groups is 9. The van der Waals surface area contributed by atoms with Crippen molar-refractivity contribution in [2.75, 3.05) is 23.9 Å². The summed E-state index contributed by atoms with van der Waals surface area (Å²) in [6, 6.07) is 0. The highest BCUT2D eigenvalue weighted by molar-refractivity contribution is 8.40. The van der Waals surface area contributed by atoms with E-state index in [0.717, 1.165) is 5.08 Å². The van der Waals surface area contributed by atoms with E-state index in [4.69, 9.17) is 0 Å². The number of hydrogen-bond donors (Lipinski definition) is 0. The molecule has 0 aromatic rings. The lowest BCUT2D eigenvalue weighted by atomic mass is 10.2. The summed E-state index contributed by atoms with van der Waals surface area (Å²) >= 11 is 17.4. The summed E-state index contributed by atoms with van der Waals surface area (Å²) in [5, 5.41) is 1.13. The summed E-state index contributed by atoms with van der Waals surface area (Å²) in [5.74, 6) is 0. The van der Waals surface area contributed by atoms with Gasteiger partial charge in [-0.05, 0) is 44.8 Å². The van der Waals surface area contributed by atoms with Crippen molar-refractivity contribution in [1.82, 2.24) is 0 Å². The van der Waals surface area contributed by atoms with Gasteiger partial charge >= 0.3 is 0 Å². The van der Waals surface area contributed by atoms with Crippen LogP contribution >= 0.6 is 106 Å². The highest BCUT2D eigenvalue weighted by atomic mass is 32.3.